The van der Waals surface area contributed by atoms with E-state index in [-0.39, 0.29) is 22.8 Å². The smallest absolute Gasteiger partial charge is 0.324 e. The van der Waals surface area contributed by atoms with Crippen molar-refractivity contribution in [1.82, 2.24) is 19.3 Å². The van der Waals surface area contributed by atoms with E-state index in [0.717, 1.165) is 4.31 Å². The fourth-order valence-electron chi connectivity index (χ4n) is 2.21. The van der Waals surface area contributed by atoms with Gasteiger partial charge in [-0.05, 0) is 35.7 Å². The topological polar surface area (TPSA) is 94.4 Å². The summed E-state index contributed by atoms with van der Waals surface area (Å²) in [5, 5.41) is 7.26. The molecule has 1 aliphatic heterocycles. The molecule has 10 heteroatoms. The molecule has 0 saturated carbocycles. The van der Waals surface area contributed by atoms with E-state index in [2.05, 4.69) is 26.2 Å². The molecule has 1 aromatic heterocycles. The quantitative estimate of drug-likeness (QED) is 0.711. The number of carbonyl (C=O) groups excluding carboxylic acids is 1. The van der Waals surface area contributed by atoms with Crippen LogP contribution in [-0.2, 0) is 26.6 Å². The number of ether oxygens (including phenoxy) is 1. The van der Waals surface area contributed by atoms with Gasteiger partial charge < -0.3 is 4.74 Å². The van der Waals surface area contributed by atoms with Gasteiger partial charge in [-0.1, -0.05) is 5.21 Å². The lowest BCUT2D eigenvalue weighted by Crippen LogP contribution is -2.42. The highest BCUT2D eigenvalue weighted by Crippen LogP contribution is 2.29. The predicted octanol–water partition coefficient (Wildman–Crippen LogP) is 0.294. The average Bonchev–Trinajstić information content (AvgIpc) is 2.97. The lowest BCUT2D eigenvalue weighted by atomic mass is 10.2. The Labute approximate surface area is 125 Å². The van der Waals surface area contributed by atoms with Gasteiger partial charge in [0.1, 0.15) is 6.04 Å². The fourth-order valence-corrected chi connectivity index (χ4v) is 4.89. The van der Waals surface area contributed by atoms with Crippen LogP contribution in [0.15, 0.2) is 9.63 Å². The van der Waals surface area contributed by atoms with Crippen LogP contribution in [0.3, 0.4) is 0 Å². The Kier molecular flexibility index (Phi) is 4.45. The zero-order valence-corrected chi connectivity index (χ0v) is 13.5. The van der Waals surface area contributed by atoms with Gasteiger partial charge in [-0.25, -0.2) is 13.1 Å². The number of rotatable bonds is 4. The third-order valence-electron chi connectivity index (χ3n) is 3.05. The Morgan fingerprint density at radius 1 is 1.55 bits per heavy atom. The predicted molar refractivity (Wildman–Crippen MR) is 72.2 cm³/mol. The molecule has 1 aromatic rings. The monoisotopic (exact) mass is 366 g/mol. The van der Waals surface area contributed by atoms with Crippen molar-refractivity contribution in [3.8, 4) is 0 Å². The van der Waals surface area contributed by atoms with E-state index in [1.54, 1.807) is 6.92 Å². The molecule has 1 saturated heterocycles. The lowest BCUT2D eigenvalue weighted by Gasteiger charge is -2.22. The van der Waals surface area contributed by atoms with Crippen LogP contribution >= 0.6 is 15.9 Å². The van der Waals surface area contributed by atoms with E-state index in [1.807, 2.05) is 0 Å². The van der Waals surface area contributed by atoms with E-state index in [0.29, 0.717) is 12.8 Å². The van der Waals surface area contributed by atoms with E-state index < -0.39 is 22.0 Å². The summed E-state index contributed by atoms with van der Waals surface area (Å²) in [7, 11) is -2.36. The van der Waals surface area contributed by atoms with Crippen molar-refractivity contribution in [2.45, 2.75) is 30.8 Å². The molecule has 1 unspecified atom stereocenters. The van der Waals surface area contributed by atoms with Gasteiger partial charge in [0.25, 0.3) is 10.0 Å². The van der Waals surface area contributed by atoms with Gasteiger partial charge in [-0.3, -0.25) is 4.79 Å². The molecule has 0 bridgehead atoms. The molecule has 2 rings (SSSR count). The fraction of sp³-hybridized carbons (Fsp3) is 0.700. The summed E-state index contributed by atoms with van der Waals surface area (Å²) in [6.45, 7) is 2.19. The highest BCUT2D eigenvalue weighted by molar-refractivity contribution is 9.10. The lowest BCUT2D eigenvalue weighted by molar-refractivity contribution is -0.146. The summed E-state index contributed by atoms with van der Waals surface area (Å²) in [4.78, 5) is 11.9. The van der Waals surface area contributed by atoms with Gasteiger partial charge in [0.2, 0.25) is 5.03 Å². The molecule has 0 amide bonds. The number of aromatic nitrogens is 3. The maximum atomic E-state index is 12.6. The van der Waals surface area contributed by atoms with Gasteiger partial charge >= 0.3 is 5.97 Å². The summed E-state index contributed by atoms with van der Waals surface area (Å²) in [5.74, 6) is -0.514. The van der Waals surface area contributed by atoms with Crippen LogP contribution in [0, 0.1) is 0 Å². The van der Waals surface area contributed by atoms with Gasteiger partial charge in [-0.2, -0.15) is 4.31 Å². The molecule has 0 aliphatic carbocycles. The first-order valence-electron chi connectivity index (χ1n) is 6.13. The zero-order chi connectivity index (χ0) is 14.9. The minimum absolute atomic E-state index is 0.0614. The average molecular weight is 367 g/mol. The molecule has 1 atom stereocenters. The second kappa shape index (κ2) is 5.78. The highest BCUT2D eigenvalue weighted by Gasteiger charge is 2.42. The highest BCUT2D eigenvalue weighted by atomic mass is 79.9. The first kappa shape index (κ1) is 15.4. The van der Waals surface area contributed by atoms with Crippen molar-refractivity contribution < 1.29 is 17.9 Å². The zero-order valence-electron chi connectivity index (χ0n) is 11.1. The number of nitrogens with zero attached hydrogens (tertiary/aromatic N) is 4. The van der Waals surface area contributed by atoms with Gasteiger partial charge in [-0.15, -0.1) is 5.10 Å². The maximum Gasteiger partial charge on any atom is 0.324 e. The normalized spacial score (nSPS) is 20.2. The van der Waals surface area contributed by atoms with Gasteiger partial charge in [0.05, 0.1) is 6.61 Å². The van der Waals surface area contributed by atoms with Crippen molar-refractivity contribution in [2.24, 2.45) is 7.05 Å². The van der Waals surface area contributed by atoms with Crippen molar-refractivity contribution in [3.05, 3.63) is 4.60 Å². The van der Waals surface area contributed by atoms with Crippen LogP contribution in [-0.4, -0.2) is 52.9 Å². The summed E-state index contributed by atoms with van der Waals surface area (Å²) in [6.07, 6.45) is 1.08. The van der Waals surface area contributed by atoms with E-state index in [4.69, 9.17) is 4.74 Å². The Hall–Kier alpha value is -1.00. The Morgan fingerprint density at radius 3 is 2.80 bits per heavy atom. The number of hydrogen-bond acceptors (Lipinski definition) is 6. The number of carbonyl (C=O) groups is 1. The number of halogens is 1. The van der Waals surface area contributed by atoms with Crippen LogP contribution in [0.4, 0.5) is 0 Å². The second-order valence-corrected chi connectivity index (χ2v) is 6.89. The molecule has 0 aromatic carbocycles. The Balaban J connectivity index is 2.36. The molecular weight excluding hydrogens is 352 g/mol. The molecule has 1 aliphatic rings. The molecule has 8 nitrogen and oxygen atoms in total. The standard InChI is InChI=1S/C10H15BrN4O4S/c1-3-19-10(16)7-5-4-6-15(7)20(17,18)9-8(11)12-13-14(9)2/h7H,3-6H2,1-2H3. The van der Waals surface area contributed by atoms with Crippen molar-refractivity contribution in [1.29, 1.82) is 0 Å². The Bertz CT molecular complexity index is 595. The SMILES string of the molecule is CCOC(=O)C1CCCN1S(=O)(=O)c1c(Br)nnn1C. The molecular formula is C10H15BrN4O4S. The molecule has 1 fully saturated rings. The minimum atomic E-state index is -3.85. The number of aryl methyl sites for hydroxylation is 1. The van der Waals surface area contributed by atoms with Crippen molar-refractivity contribution >= 4 is 31.9 Å². The number of hydrogen-bond donors (Lipinski definition) is 0. The van der Waals surface area contributed by atoms with Crippen LogP contribution in [0.1, 0.15) is 19.8 Å². The molecule has 112 valence electrons. The van der Waals surface area contributed by atoms with Crippen LogP contribution < -0.4 is 0 Å². The molecule has 20 heavy (non-hydrogen) atoms. The van der Waals surface area contributed by atoms with Crippen LogP contribution in [0.5, 0.6) is 0 Å². The Morgan fingerprint density at radius 2 is 2.25 bits per heavy atom. The van der Waals surface area contributed by atoms with Crippen molar-refractivity contribution in [2.75, 3.05) is 13.2 Å². The van der Waals surface area contributed by atoms with E-state index in [1.165, 1.54) is 11.7 Å². The van der Waals surface area contributed by atoms with Crippen molar-refractivity contribution in [3.63, 3.8) is 0 Å². The first-order valence-corrected chi connectivity index (χ1v) is 8.36. The summed E-state index contributed by atoms with van der Waals surface area (Å²) in [6, 6.07) is -0.776. The summed E-state index contributed by atoms with van der Waals surface area (Å²) < 4.78 is 32.7. The van der Waals surface area contributed by atoms with Gasteiger partial charge in [0, 0.05) is 13.6 Å². The number of sulfonamides is 1. The minimum Gasteiger partial charge on any atom is -0.465 e. The number of esters is 1. The first-order chi connectivity index (χ1) is 9.39. The van der Waals surface area contributed by atoms with Crippen LogP contribution in [0.25, 0.3) is 0 Å². The molecule has 0 radical (unpaired) electrons. The third kappa shape index (κ3) is 2.59. The molecule has 2 heterocycles. The third-order valence-corrected chi connectivity index (χ3v) is 5.85. The second-order valence-electron chi connectivity index (χ2n) is 4.33. The van der Waals surface area contributed by atoms with Crippen LogP contribution in [0.2, 0.25) is 0 Å². The molecule has 0 N–H and O–H groups in total. The molecule has 0 spiro atoms. The maximum absolute atomic E-state index is 12.6. The van der Waals surface area contributed by atoms with E-state index in [9.17, 15) is 13.2 Å². The summed E-state index contributed by atoms with van der Waals surface area (Å²) >= 11 is 3.07. The summed E-state index contributed by atoms with van der Waals surface area (Å²) in [5.41, 5.74) is 0. The van der Waals surface area contributed by atoms with Gasteiger partial charge in [0.15, 0.2) is 4.60 Å². The van der Waals surface area contributed by atoms with E-state index >= 15 is 0 Å². The largest absolute Gasteiger partial charge is 0.465 e.